The molecule has 1 unspecified atom stereocenters. The number of rotatable bonds is 7. The van der Waals surface area contributed by atoms with Crippen molar-refractivity contribution in [2.75, 3.05) is 19.8 Å². The number of β-amino-alcohol motifs (C(OH)–C–C–N with tert-alkyl or cyclic N) is 1. The predicted molar refractivity (Wildman–Crippen MR) is 76.9 cm³/mol. The number of benzene rings is 1. The van der Waals surface area contributed by atoms with Crippen LogP contribution < -0.4 is 14.8 Å². The summed E-state index contributed by atoms with van der Waals surface area (Å²) >= 11 is 0. The number of aliphatic hydroxyl groups is 1. The Labute approximate surface area is 115 Å². The summed E-state index contributed by atoms with van der Waals surface area (Å²) in [6.45, 7) is 9.45. The number of ether oxygens (including phenoxy) is 2. The molecule has 1 rings (SSSR count). The molecule has 108 valence electrons. The maximum absolute atomic E-state index is 9.87. The summed E-state index contributed by atoms with van der Waals surface area (Å²) in [6, 6.07) is 7.49. The minimum Gasteiger partial charge on any atom is -0.490 e. The lowest BCUT2D eigenvalue weighted by molar-refractivity contribution is 0.0980. The van der Waals surface area contributed by atoms with Gasteiger partial charge in [-0.2, -0.15) is 0 Å². The Balaban J connectivity index is 2.43. The zero-order valence-corrected chi connectivity index (χ0v) is 12.3. The largest absolute Gasteiger partial charge is 0.490 e. The van der Waals surface area contributed by atoms with Crippen molar-refractivity contribution in [2.24, 2.45) is 0 Å². The van der Waals surface area contributed by atoms with E-state index in [1.54, 1.807) is 0 Å². The van der Waals surface area contributed by atoms with E-state index < -0.39 is 6.10 Å². The lowest BCUT2D eigenvalue weighted by atomic mass is 10.1. The molecular weight excluding hydrogens is 242 g/mol. The Bertz CT molecular complexity index is 374. The van der Waals surface area contributed by atoms with Crippen molar-refractivity contribution in [3.63, 3.8) is 0 Å². The maximum atomic E-state index is 9.87. The highest BCUT2D eigenvalue weighted by molar-refractivity contribution is 5.39. The molecule has 0 aliphatic heterocycles. The molecule has 0 bridgehead atoms. The quantitative estimate of drug-likeness (QED) is 0.795. The Kier molecular flexibility index (Phi) is 6.12. The van der Waals surface area contributed by atoms with Crippen molar-refractivity contribution in [3.8, 4) is 11.5 Å². The van der Waals surface area contributed by atoms with E-state index in [9.17, 15) is 5.11 Å². The van der Waals surface area contributed by atoms with E-state index in [1.165, 1.54) is 0 Å². The summed E-state index contributed by atoms with van der Waals surface area (Å²) < 4.78 is 11.1. The molecule has 1 aromatic rings. The van der Waals surface area contributed by atoms with Crippen LogP contribution in [0.2, 0.25) is 0 Å². The predicted octanol–water partition coefficient (Wildman–Crippen LogP) is 2.21. The molecule has 19 heavy (non-hydrogen) atoms. The molecule has 0 aliphatic rings. The highest BCUT2D eigenvalue weighted by Gasteiger charge is 2.13. The second kappa shape index (κ2) is 7.36. The van der Waals surface area contributed by atoms with Crippen LogP contribution in [0.4, 0.5) is 0 Å². The average molecular weight is 267 g/mol. The standard InChI is InChI=1S/C15H25NO3/c1-5-18-13-8-6-7-9-14(13)19-11-12(17)10-16-15(2,3)4/h6-9,12,16-17H,5,10-11H2,1-4H3. The normalized spacial score (nSPS) is 13.1. The summed E-state index contributed by atoms with van der Waals surface area (Å²) in [5.41, 5.74) is -0.00971. The molecule has 4 heteroatoms. The molecule has 0 saturated carbocycles. The summed E-state index contributed by atoms with van der Waals surface area (Å²) in [7, 11) is 0. The van der Waals surface area contributed by atoms with Crippen LogP contribution in [0.3, 0.4) is 0 Å². The third kappa shape index (κ3) is 6.45. The van der Waals surface area contributed by atoms with Crippen molar-refractivity contribution >= 4 is 0 Å². The summed E-state index contributed by atoms with van der Waals surface area (Å²) in [4.78, 5) is 0. The van der Waals surface area contributed by atoms with Gasteiger partial charge in [0.25, 0.3) is 0 Å². The fourth-order valence-corrected chi connectivity index (χ4v) is 1.51. The first-order valence-electron chi connectivity index (χ1n) is 6.70. The van der Waals surface area contributed by atoms with Crippen molar-refractivity contribution in [3.05, 3.63) is 24.3 Å². The van der Waals surface area contributed by atoms with Gasteiger partial charge in [-0.05, 0) is 39.8 Å². The van der Waals surface area contributed by atoms with E-state index in [2.05, 4.69) is 26.1 Å². The van der Waals surface area contributed by atoms with Crippen molar-refractivity contribution in [2.45, 2.75) is 39.3 Å². The number of nitrogens with one attached hydrogen (secondary N) is 1. The van der Waals surface area contributed by atoms with E-state index in [0.29, 0.717) is 24.7 Å². The van der Waals surface area contributed by atoms with Crippen LogP contribution in [0, 0.1) is 0 Å². The fourth-order valence-electron chi connectivity index (χ4n) is 1.51. The third-order valence-corrected chi connectivity index (χ3v) is 2.45. The molecule has 0 heterocycles. The number of aliphatic hydroxyl groups excluding tert-OH is 1. The highest BCUT2D eigenvalue weighted by atomic mass is 16.5. The van der Waals surface area contributed by atoms with E-state index in [-0.39, 0.29) is 12.1 Å². The lowest BCUT2D eigenvalue weighted by Crippen LogP contribution is -2.42. The van der Waals surface area contributed by atoms with Gasteiger partial charge in [-0.1, -0.05) is 12.1 Å². The molecule has 1 aromatic carbocycles. The van der Waals surface area contributed by atoms with E-state index in [4.69, 9.17) is 9.47 Å². The van der Waals surface area contributed by atoms with Gasteiger partial charge < -0.3 is 19.9 Å². The van der Waals surface area contributed by atoms with Crippen LogP contribution in [0.25, 0.3) is 0 Å². The van der Waals surface area contributed by atoms with Crippen LogP contribution in [-0.2, 0) is 0 Å². The monoisotopic (exact) mass is 267 g/mol. The first-order chi connectivity index (χ1) is 8.92. The lowest BCUT2D eigenvalue weighted by Gasteiger charge is -2.23. The van der Waals surface area contributed by atoms with Crippen LogP contribution in [0.15, 0.2) is 24.3 Å². The van der Waals surface area contributed by atoms with Crippen LogP contribution in [0.5, 0.6) is 11.5 Å². The maximum Gasteiger partial charge on any atom is 0.161 e. The molecule has 4 nitrogen and oxygen atoms in total. The van der Waals surface area contributed by atoms with Gasteiger partial charge in [0.2, 0.25) is 0 Å². The van der Waals surface area contributed by atoms with Gasteiger partial charge in [-0.3, -0.25) is 0 Å². The summed E-state index contributed by atoms with van der Waals surface area (Å²) in [6.07, 6.45) is -0.547. The number of hydrogen-bond acceptors (Lipinski definition) is 4. The Hall–Kier alpha value is -1.26. The Morgan fingerprint density at radius 1 is 1.16 bits per heavy atom. The second-order valence-electron chi connectivity index (χ2n) is 5.48. The summed E-state index contributed by atoms with van der Waals surface area (Å²) in [5, 5.41) is 13.1. The summed E-state index contributed by atoms with van der Waals surface area (Å²) in [5.74, 6) is 1.38. The third-order valence-electron chi connectivity index (χ3n) is 2.45. The molecule has 0 aliphatic carbocycles. The topological polar surface area (TPSA) is 50.7 Å². The minimum absolute atomic E-state index is 0.00971. The first kappa shape index (κ1) is 15.8. The average Bonchev–Trinajstić information content (AvgIpc) is 2.35. The molecular formula is C15H25NO3. The zero-order valence-electron chi connectivity index (χ0n) is 12.3. The van der Waals surface area contributed by atoms with Crippen LogP contribution in [0.1, 0.15) is 27.7 Å². The molecule has 0 radical (unpaired) electrons. The molecule has 0 aromatic heterocycles. The first-order valence-corrected chi connectivity index (χ1v) is 6.70. The van der Waals surface area contributed by atoms with E-state index >= 15 is 0 Å². The highest BCUT2D eigenvalue weighted by Crippen LogP contribution is 2.26. The van der Waals surface area contributed by atoms with Crippen molar-refractivity contribution in [1.29, 1.82) is 0 Å². The van der Waals surface area contributed by atoms with Crippen molar-refractivity contribution in [1.82, 2.24) is 5.32 Å². The van der Waals surface area contributed by atoms with Gasteiger partial charge in [-0.25, -0.2) is 0 Å². The molecule has 0 saturated heterocycles. The Morgan fingerprint density at radius 2 is 1.74 bits per heavy atom. The molecule has 2 N–H and O–H groups in total. The minimum atomic E-state index is -0.547. The molecule has 0 amide bonds. The van der Waals surface area contributed by atoms with Gasteiger partial charge in [-0.15, -0.1) is 0 Å². The van der Waals surface area contributed by atoms with E-state index in [1.807, 2.05) is 31.2 Å². The van der Waals surface area contributed by atoms with Gasteiger partial charge >= 0.3 is 0 Å². The van der Waals surface area contributed by atoms with Gasteiger partial charge in [0.1, 0.15) is 12.7 Å². The molecule has 1 atom stereocenters. The van der Waals surface area contributed by atoms with Crippen LogP contribution in [-0.4, -0.2) is 36.5 Å². The van der Waals surface area contributed by atoms with Crippen molar-refractivity contribution < 1.29 is 14.6 Å². The molecule has 0 spiro atoms. The fraction of sp³-hybridized carbons (Fsp3) is 0.600. The smallest absolute Gasteiger partial charge is 0.161 e. The van der Waals surface area contributed by atoms with Gasteiger partial charge in [0.05, 0.1) is 6.61 Å². The van der Waals surface area contributed by atoms with E-state index in [0.717, 1.165) is 0 Å². The number of para-hydroxylation sites is 2. The van der Waals surface area contributed by atoms with Gasteiger partial charge in [0, 0.05) is 12.1 Å². The molecule has 0 fully saturated rings. The zero-order chi connectivity index (χ0) is 14.3. The van der Waals surface area contributed by atoms with Crippen LogP contribution >= 0.6 is 0 Å². The van der Waals surface area contributed by atoms with Gasteiger partial charge in [0.15, 0.2) is 11.5 Å². The Morgan fingerprint density at radius 3 is 2.26 bits per heavy atom. The number of hydrogen-bond donors (Lipinski definition) is 2. The second-order valence-corrected chi connectivity index (χ2v) is 5.48. The SMILES string of the molecule is CCOc1ccccc1OCC(O)CNC(C)(C)C.